The summed E-state index contributed by atoms with van der Waals surface area (Å²) in [5.74, 6) is -9.24. The van der Waals surface area contributed by atoms with Crippen molar-refractivity contribution in [1.29, 1.82) is 0 Å². The molecule has 0 saturated carbocycles. The van der Waals surface area contributed by atoms with Crippen LogP contribution in [0.15, 0.2) is 0 Å². The predicted octanol–water partition coefficient (Wildman–Crippen LogP) is -4.58. The van der Waals surface area contributed by atoms with Crippen molar-refractivity contribution in [1.82, 2.24) is 53.2 Å². The van der Waals surface area contributed by atoms with Crippen molar-refractivity contribution in [2.24, 2.45) is 23.5 Å². The summed E-state index contributed by atoms with van der Waals surface area (Å²) in [7, 11) is 0. The zero-order valence-electron chi connectivity index (χ0n) is 36.6. The molecule has 0 bridgehead atoms. The van der Waals surface area contributed by atoms with E-state index < -0.39 is 139 Å². The van der Waals surface area contributed by atoms with Gasteiger partial charge in [-0.05, 0) is 44.4 Å². The molecule has 0 aromatic rings. The smallest absolute Gasteiger partial charge is 0.480 e. The van der Waals surface area contributed by atoms with E-state index in [-0.39, 0.29) is 53.3 Å². The van der Waals surface area contributed by atoms with Crippen molar-refractivity contribution in [2.75, 3.05) is 37.7 Å². The quantitative estimate of drug-likeness (QED) is 0.0260. The first kappa shape index (κ1) is 60.4. The molecule has 0 fully saturated rings. The minimum Gasteiger partial charge on any atom is -0.480 e. The Morgan fingerprint density at radius 2 is 0.841 bits per heavy atom. The summed E-state index contributed by atoms with van der Waals surface area (Å²) in [4.78, 5) is 137. The summed E-state index contributed by atoms with van der Waals surface area (Å²) in [6.45, 7) is 10.9. The van der Waals surface area contributed by atoms with E-state index in [0.717, 1.165) is 0 Å². The van der Waals surface area contributed by atoms with E-state index in [9.17, 15) is 57.8 Å². The van der Waals surface area contributed by atoms with Crippen molar-refractivity contribution >= 4 is 90.3 Å². The van der Waals surface area contributed by atoms with Gasteiger partial charge in [-0.3, -0.25) is 47.9 Å². The van der Waals surface area contributed by atoms with Crippen LogP contribution in [0, 0.1) is 17.8 Å². The van der Waals surface area contributed by atoms with Crippen LogP contribution in [0.2, 0.25) is 0 Å². The Bertz CT molecular complexity index is 1610. The molecule has 63 heavy (non-hydrogen) atoms. The Labute approximate surface area is 388 Å². The monoisotopic (exact) mass is 982 g/mol. The van der Waals surface area contributed by atoms with Gasteiger partial charge in [-0.25, -0.2) is 4.79 Å². The van der Waals surface area contributed by atoms with E-state index >= 15 is 0 Å². The second-order valence-corrected chi connectivity index (χ2v) is 16.3. The van der Waals surface area contributed by atoms with Gasteiger partial charge in [0.05, 0.1) is 32.2 Å². The predicted molar refractivity (Wildman–Crippen MR) is 232 cm³/mol. The van der Waals surface area contributed by atoms with Crippen LogP contribution >= 0.6 is 25.3 Å². The number of aliphatic carboxylic acids is 1. The topological polar surface area (TPSA) is 354 Å². The number of rotatable bonds is 28. The molecule has 0 aliphatic rings. The van der Waals surface area contributed by atoms with Gasteiger partial charge in [0.25, 0.3) is 0 Å². The Hall–Kier alpha value is -4.65. The molecule has 0 aromatic carbocycles. The van der Waals surface area contributed by atoms with Crippen LogP contribution in [0.5, 0.6) is 0 Å². The molecular formula is C37H65CuN11O12S2+2. The van der Waals surface area contributed by atoms with Crippen molar-refractivity contribution < 1.29 is 74.9 Å². The molecule has 0 aliphatic heterocycles. The molecule has 0 spiro atoms. The number of carbonyl (C=O) groups is 11. The molecule has 7 atom stereocenters. The maximum absolute atomic E-state index is 13.2. The molecule has 0 unspecified atom stereocenters. The van der Waals surface area contributed by atoms with Gasteiger partial charge in [0.2, 0.25) is 59.1 Å². The van der Waals surface area contributed by atoms with Crippen LogP contribution in [0.3, 0.4) is 0 Å². The number of nitrogens with two attached hydrogens (primary N) is 1. The van der Waals surface area contributed by atoms with Gasteiger partial charge in [-0.1, -0.05) is 41.5 Å². The van der Waals surface area contributed by atoms with Gasteiger partial charge in [0, 0.05) is 11.5 Å². The molecule has 0 aromatic heterocycles. The van der Waals surface area contributed by atoms with Crippen LogP contribution in [-0.2, 0) is 69.8 Å². The van der Waals surface area contributed by atoms with E-state index in [2.05, 4.69) is 78.4 Å². The minimum absolute atomic E-state index is 0. The van der Waals surface area contributed by atoms with Gasteiger partial charge < -0.3 is 64.0 Å². The molecule has 23 nitrogen and oxygen atoms in total. The van der Waals surface area contributed by atoms with Crippen molar-refractivity contribution in [3.05, 3.63) is 0 Å². The fourth-order valence-corrected chi connectivity index (χ4v) is 5.55. The fraction of sp³-hybridized carbons (Fsp3) is 0.703. The van der Waals surface area contributed by atoms with Crippen LogP contribution in [0.1, 0.15) is 68.2 Å². The maximum atomic E-state index is 13.2. The van der Waals surface area contributed by atoms with Gasteiger partial charge in [-0.2, -0.15) is 25.3 Å². The van der Waals surface area contributed by atoms with Crippen LogP contribution in [0.4, 0.5) is 0 Å². The zero-order valence-corrected chi connectivity index (χ0v) is 39.4. The minimum atomic E-state index is -1.30. The van der Waals surface area contributed by atoms with E-state index in [4.69, 9.17) is 5.73 Å². The number of nitrogens with one attached hydrogen (secondary N) is 10. The van der Waals surface area contributed by atoms with Gasteiger partial charge in [0.1, 0.15) is 36.3 Å². The maximum Gasteiger partial charge on any atom is 2.00 e. The summed E-state index contributed by atoms with van der Waals surface area (Å²) >= 11 is 7.90. The third-order valence-corrected chi connectivity index (χ3v) is 9.29. The van der Waals surface area contributed by atoms with Crippen LogP contribution < -0.4 is 58.9 Å². The average Bonchev–Trinajstić information content (AvgIpc) is 3.19. The third-order valence-electron chi connectivity index (χ3n) is 8.53. The Kier molecular flexibility index (Phi) is 30.0. The molecule has 0 heterocycles. The number of carboxylic acids is 1. The molecule has 1 radical (unpaired) electrons. The summed E-state index contributed by atoms with van der Waals surface area (Å²) in [5.41, 5.74) is 5.66. The normalized spacial score (nSPS) is 14.1. The SMILES string of the molecule is CC(C)C[C@H](NC(=O)[C@@H](NC(=O)CNC(=O)[C@H](C)NC(=O)CNC(=O)CNC(=O)[C@H](C)NC(=O)CNC(=O)[C@H](CC(C)C)NC(=O)[C@@H](N)CS)C(C)C)C(=O)N[C@@H](CS)C(=O)O.[Cu+2]. The second kappa shape index (κ2) is 31.2. The molecule has 0 aliphatic carbocycles. The summed E-state index contributed by atoms with van der Waals surface area (Å²) < 4.78 is 0. The van der Waals surface area contributed by atoms with E-state index in [1.165, 1.54) is 13.8 Å². The Morgan fingerprint density at radius 1 is 0.460 bits per heavy atom. The number of carboxylic acid groups (broad SMARTS) is 1. The number of hydrogen-bond donors (Lipinski definition) is 14. The summed E-state index contributed by atoms with van der Waals surface area (Å²) in [6.07, 6.45) is 0.434. The van der Waals surface area contributed by atoms with Crippen molar-refractivity contribution in [2.45, 2.75) is 111 Å². The number of thiol groups is 2. The van der Waals surface area contributed by atoms with Crippen LogP contribution in [-0.4, -0.2) is 150 Å². The van der Waals surface area contributed by atoms with E-state index in [0.29, 0.717) is 0 Å². The molecule has 10 amide bonds. The van der Waals surface area contributed by atoms with Gasteiger partial charge in [-0.15, -0.1) is 0 Å². The first-order chi connectivity index (χ1) is 28.8. The third kappa shape index (κ3) is 25.3. The number of carbonyl (C=O) groups excluding carboxylic acids is 10. The van der Waals surface area contributed by atoms with Gasteiger partial charge >= 0.3 is 23.0 Å². The fourth-order valence-electron chi connectivity index (χ4n) is 5.14. The van der Waals surface area contributed by atoms with E-state index in [1.54, 1.807) is 27.7 Å². The zero-order chi connectivity index (χ0) is 47.9. The average molecular weight is 984 g/mol. The first-order valence-electron chi connectivity index (χ1n) is 19.9. The molecule has 0 saturated heterocycles. The summed E-state index contributed by atoms with van der Waals surface area (Å²) in [5, 5.41) is 33.1. The Morgan fingerprint density at radius 3 is 1.25 bits per heavy atom. The molecule has 361 valence electrons. The van der Waals surface area contributed by atoms with E-state index in [1.807, 2.05) is 13.8 Å². The first-order valence-corrected chi connectivity index (χ1v) is 21.2. The molecule has 26 heteroatoms. The standard InChI is InChI=1S/C37H65N11O12S2.Cu/c1-17(2)9-23(45-33(55)22(38)15-61)34(56)42-13-28(51)44-20(7)31(53)40-11-26(49)39-12-27(50)43-21(8)32(54)41-14-29(52)48-30(19(5)6)36(58)46-24(10-18(3)4)35(57)47-25(16-62)37(59)60;/h17-25,30,61-62H,9-16,38H2,1-8H3,(H,39,49)(H,40,53)(H,41,54)(H,42,56)(H,43,50)(H,44,51)(H,45,55)(H,46,58)(H,47,57)(H,48,52)(H,59,60);/q;+2/t20-,21-,22-,23-,24-,25-,30-;/m0./s1. The van der Waals surface area contributed by atoms with Crippen molar-refractivity contribution in [3.63, 3.8) is 0 Å². The van der Waals surface area contributed by atoms with Gasteiger partial charge in [0.15, 0.2) is 0 Å². The van der Waals surface area contributed by atoms with Crippen molar-refractivity contribution in [3.8, 4) is 0 Å². The molecule has 13 N–H and O–H groups in total. The molecule has 0 rings (SSSR count). The Balaban J connectivity index is 0. The number of amides is 10. The summed E-state index contributed by atoms with van der Waals surface area (Å²) in [6, 6.07) is -7.76. The molecular weight excluding hydrogens is 918 g/mol. The van der Waals surface area contributed by atoms with Crippen LogP contribution in [0.25, 0.3) is 0 Å². The second-order valence-electron chi connectivity index (χ2n) is 15.6. The number of hydrogen-bond acceptors (Lipinski definition) is 14. The largest absolute Gasteiger partial charge is 2.00 e.